The molecule has 0 radical (unpaired) electrons. The molecule has 1 heterocycles. The quantitative estimate of drug-likeness (QED) is 0.798. The van der Waals surface area contributed by atoms with Crippen LogP contribution in [-0.2, 0) is 11.3 Å². The topological polar surface area (TPSA) is 76.4 Å². The number of amides is 1. The van der Waals surface area contributed by atoms with Crippen LogP contribution in [0.15, 0.2) is 36.4 Å². The molecular formula is C20H27N3O3. The first-order chi connectivity index (χ1) is 12.5. The molecule has 1 aromatic carbocycles. The van der Waals surface area contributed by atoms with Crippen molar-refractivity contribution < 1.29 is 14.6 Å². The van der Waals surface area contributed by atoms with E-state index in [-0.39, 0.29) is 18.1 Å². The van der Waals surface area contributed by atoms with Crippen LogP contribution in [0.3, 0.4) is 0 Å². The van der Waals surface area contributed by atoms with Crippen LogP contribution in [0.25, 0.3) is 0 Å². The van der Waals surface area contributed by atoms with Crippen molar-refractivity contribution in [1.29, 1.82) is 0 Å². The number of para-hydroxylation sites is 1. The third kappa shape index (κ3) is 4.64. The van der Waals surface area contributed by atoms with Crippen molar-refractivity contribution in [2.75, 3.05) is 0 Å². The Kier molecular flexibility index (Phi) is 5.93. The van der Waals surface area contributed by atoms with Gasteiger partial charge in [-0.2, -0.15) is 5.10 Å². The lowest BCUT2D eigenvalue weighted by Gasteiger charge is -2.21. The summed E-state index contributed by atoms with van der Waals surface area (Å²) in [5.41, 5.74) is 2.10. The van der Waals surface area contributed by atoms with Gasteiger partial charge in [-0.15, -0.1) is 0 Å². The third-order valence-corrected chi connectivity index (χ3v) is 4.81. The average molecular weight is 357 g/mol. The summed E-state index contributed by atoms with van der Waals surface area (Å²) >= 11 is 0. The summed E-state index contributed by atoms with van der Waals surface area (Å²) in [6, 6.07) is 11.3. The van der Waals surface area contributed by atoms with Crippen LogP contribution in [0.5, 0.6) is 5.75 Å². The number of carbonyl (C=O) groups excluding carboxylic acids is 1. The van der Waals surface area contributed by atoms with Crippen molar-refractivity contribution in [2.24, 2.45) is 0 Å². The molecule has 0 saturated heterocycles. The molecule has 1 aromatic heterocycles. The summed E-state index contributed by atoms with van der Waals surface area (Å²) in [4.78, 5) is 12.2. The number of nitrogens with zero attached hydrogens (tertiary/aromatic N) is 2. The highest BCUT2D eigenvalue weighted by Gasteiger charge is 2.37. The number of ether oxygens (including phenoxy) is 1. The first kappa shape index (κ1) is 18.5. The van der Waals surface area contributed by atoms with E-state index in [0.29, 0.717) is 6.42 Å². The number of benzene rings is 1. The first-order valence-electron chi connectivity index (χ1n) is 9.23. The molecule has 2 aromatic rings. The Morgan fingerprint density at radius 3 is 2.77 bits per heavy atom. The average Bonchev–Trinajstić information content (AvgIpc) is 3.11. The molecule has 1 aliphatic carbocycles. The number of aliphatic hydroxyl groups excluding tert-OH is 1. The molecule has 140 valence electrons. The molecule has 0 aliphatic heterocycles. The highest BCUT2D eigenvalue weighted by atomic mass is 16.5. The van der Waals surface area contributed by atoms with Crippen molar-refractivity contribution in [3.63, 3.8) is 0 Å². The van der Waals surface area contributed by atoms with Crippen LogP contribution in [0.4, 0.5) is 0 Å². The maximum Gasteiger partial charge on any atom is 0.220 e. The molecule has 6 nitrogen and oxygen atoms in total. The molecule has 3 rings (SSSR count). The molecule has 0 spiro atoms. The molecular weight excluding hydrogens is 330 g/mol. The van der Waals surface area contributed by atoms with Gasteiger partial charge in [-0.1, -0.05) is 18.2 Å². The van der Waals surface area contributed by atoms with Crippen LogP contribution in [0.1, 0.15) is 37.1 Å². The Labute approximate surface area is 154 Å². The number of rotatable bonds is 7. The highest BCUT2D eigenvalue weighted by molar-refractivity contribution is 5.76. The summed E-state index contributed by atoms with van der Waals surface area (Å²) < 4.78 is 7.77. The van der Waals surface area contributed by atoms with Gasteiger partial charge in [0.15, 0.2) is 0 Å². The lowest BCUT2D eigenvalue weighted by atomic mass is 10.2. The van der Waals surface area contributed by atoms with Crippen molar-refractivity contribution in [3.05, 3.63) is 47.8 Å². The van der Waals surface area contributed by atoms with Gasteiger partial charge in [0.05, 0.1) is 11.7 Å². The second kappa shape index (κ2) is 8.36. The number of aryl methyl sites for hydroxylation is 3. The Bertz CT molecular complexity index is 729. The van der Waals surface area contributed by atoms with Crippen LogP contribution < -0.4 is 10.1 Å². The Hall–Kier alpha value is -2.34. The number of nitrogens with one attached hydrogen (secondary N) is 1. The number of hydrogen-bond donors (Lipinski definition) is 2. The van der Waals surface area contributed by atoms with Gasteiger partial charge < -0.3 is 15.2 Å². The van der Waals surface area contributed by atoms with E-state index in [0.717, 1.165) is 42.9 Å². The maximum absolute atomic E-state index is 12.2. The molecule has 26 heavy (non-hydrogen) atoms. The third-order valence-electron chi connectivity index (χ3n) is 4.81. The van der Waals surface area contributed by atoms with Crippen molar-refractivity contribution >= 4 is 5.91 Å². The molecule has 2 N–H and O–H groups in total. The van der Waals surface area contributed by atoms with E-state index in [1.54, 1.807) is 0 Å². The monoisotopic (exact) mass is 357 g/mol. The van der Waals surface area contributed by atoms with E-state index < -0.39 is 6.10 Å². The fourth-order valence-electron chi connectivity index (χ4n) is 3.47. The minimum Gasteiger partial charge on any atom is -0.488 e. The number of hydrogen-bond acceptors (Lipinski definition) is 4. The molecule has 1 saturated carbocycles. The molecule has 1 amide bonds. The lowest BCUT2D eigenvalue weighted by molar-refractivity contribution is -0.122. The Balaban J connectivity index is 1.42. The van der Waals surface area contributed by atoms with Gasteiger partial charge in [0, 0.05) is 18.7 Å². The van der Waals surface area contributed by atoms with Crippen LogP contribution in [-0.4, -0.2) is 39.0 Å². The molecule has 0 unspecified atom stereocenters. The summed E-state index contributed by atoms with van der Waals surface area (Å²) in [7, 11) is 0. The Morgan fingerprint density at radius 2 is 2.08 bits per heavy atom. The lowest BCUT2D eigenvalue weighted by Crippen LogP contribution is -2.44. The standard InChI is InChI=1S/C20H27N3O3/c1-14-13-15(2)23(22-14)12-6-9-19(24)21-17-10-11-18(20(17)25)26-16-7-4-3-5-8-16/h3-5,7-8,13,17-18,20,25H,6,9-12H2,1-2H3,(H,21,24)/t17-,18-,20-/m1/s1. The summed E-state index contributed by atoms with van der Waals surface area (Å²) in [5.74, 6) is 0.712. The van der Waals surface area contributed by atoms with Crippen LogP contribution in [0.2, 0.25) is 0 Å². The van der Waals surface area contributed by atoms with Gasteiger partial charge in [-0.05, 0) is 51.3 Å². The number of aliphatic hydroxyl groups is 1. The molecule has 1 fully saturated rings. The van der Waals surface area contributed by atoms with Gasteiger partial charge in [0.25, 0.3) is 0 Å². The Morgan fingerprint density at radius 1 is 1.31 bits per heavy atom. The molecule has 1 aliphatic rings. The second-order valence-electron chi connectivity index (χ2n) is 6.97. The van der Waals surface area contributed by atoms with E-state index in [1.165, 1.54) is 0 Å². The van der Waals surface area contributed by atoms with E-state index in [2.05, 4.69) is 10.4 Å². The molecule has 6 heteroatoms. The van der Waals surface area contributed by atoms with Gasteiger partial charge in [0.2, 0.25) is 5.91 Å². The zero-order valence-corrected chi connectivity index (χ0v) is 15.4. The van der Waals surface area contributed by atoms with Crippen molar-refractivity contribution in [2.45, 2.75) is 64.3 Å². The number of carbonyl (C=O) groups is 1. The number of aromatic nitrogens is 2. The smallest absolute Gasteiger partial charge is 0.220 e. The summed E-state index contributed by atoms with van der Waals surface area (Å²) in [6.07, 6.45) is 1.63. The molecule has 0 bridgehead atoms. The summed E-state index contributed by atoms with van der Waals surface area (Å²) in [5, 5.41) is 17.8. The SMILES string of the molecule is Cc1cc(C)n(CCCC(=O)N[C@@H]2CC[C@@H](Oc3ccccc3)[C@@H]2O)n1. The van der Waals surface area contributed by atoms with Gasteiger partial charge >= 0.3 is 0 Å². The van der Waals surface area contributed by atoms with Crippen molar-refractivity contribution in [3.8, 4) is 5.75 Å². The van der Waals surface area contributed by atoms with Gasteiger partial charge in [0.1, 0.15) is 18.0 Å². The minimum atomic E-state index is -0.685. The largest absolute Gasteiger partial charge is 0.488 e. The molecule has 3 atom stereocenters. The predicted octanol–water partition coefficient (Wildman–Crippen LogP) is 2.37. The zero-order chi connectivity index (χ0) is 18.5. The second-order valence-corrected chi connectivity index (χ2v) is 6.97. The normalized spacial score (nSPS) is 22.3. The van der Waals surface area contributed by atoms with Gasteiger partial charge in [-0.25, -0.2) is 0 Å². The maximum atomic E-state index is 12.2. The summed E-state index contributed by atoms with van der Waals surface area (Å²) in [6.45, 7) is 4.70. The van der Waals surface area contributed by atoms with Crippen LogP contribution >= 0.6 is 0 Å². The van der Waals surface area contributed by atoms with Gasteiger partial charge in [-0.3, -0.25) is 9.48 Å². The zero-order valence-electron chi connectivity index (χ0n) is 15.4. The van der Waals surface area contributed by atoms with E-state index in [1.807, 2.05) is 54.9 Å². The fraction of sp³-hybridized carbons (Fsp3) is 0.500. The fourth-order valence-corrected chi connectivity index (χ4v) is 3.47. The highest BCUT2D eigenvalue weighted by Crippen LogP contribution is 2.25. The van der Waals surface area contributed by atoms with E-state index >= 15 is 0 Å². The first-order valence-corrected chi connectivity index (χ1v) is 9.23. The minimum absolute atomic E-state index is 0.0315. The van der Waals surface area contributed by atoms with Crippen LogP contribution in [0, 0.1) is 13.8 Å². The van der Waals surface area contributed by atoms with Crippen molar-refractivity contribution in [1.82, 2.24) is 15.1 Å². The predicted molar refractivity (Wildman–Crippen MR) is 99.0 cm³/mol. The van der Waals surface area contributed by atoms with E-state index in [4.69, 9.17) is 4.74 Å². The van der Waals surface area contributed by atoms with E-state index in [9.17, 15) is 9.90 Å².